The number of thiol groups is 1. The lowest BCUT2D eigenvalue weighted by Gasteiger charge is -2.06. The van der Waals surface area contributed by atoms with Gasteiger partial charge < -0.3 is 0 Å². The maximum Gasteiger partial charge on any atom is 0.433 e. The molecule has 0 N–H and O–H groups in total. The Kier molecular flexibility index (Phi) is 2.32. The van der Waals surface area contributed by atoms with Crippen LogP contribution >= 0.6 is 12.6 Å². The molecule has 1 aromatic heterocycles. The van der Waals surface area contributed by atoms with Crippen LogP contribution in [-0.2, 0) is 6.18 Å². The Hall–Kier alpha value is -0.710. The third kappa shape index (κ3) is 2.14. The number of aromatic nitrogens is 1. The van der Waals surface area contributed by atoms with Gasteiger partial charge in [0.1, 0.15) is 5.69 Å². The molecule has 0 radical (unpaired) electrons. The zero-order valence-electron chi connectivity index (χ0n) is 6.18. The van der Waals surface area contributed by atoms with E-state index in [0.717, 1.165) is 6.07 Å². The summed E-state index contributed by atoms with van der Waals surface area (Å²) in [5.41, 5.74) is -0.394. The first-order valence-electron chi connectivity index (χ1n) is 3.14. The molecule has 0 aliphatic heterocycles. The minimum Gasteiger partial charge on any atom is -0.237 e. The summed E-state index contributed by atoms with van der Waals surface area (Å²) in [7, 11) is 0. The number of alkyl halides is 3. The fourth-order valence-electron chi connectivity index (χ4n) is 0.794. The Morgan fingerprint density at radius 2 is 1.92 bits per heavy atom. The van der Waals surface area contributed by atoms with E-state index < -0.39 is 11.9 Å². The van der Waals surface area contributed by atoms with Gasteiger partial charge in [0.15, 0.2) is 0 Å². The van der Waals surface area contributed by atoms with Gasteiger partial charge in [-0.3, -0.25) is 0 Å². The number of pyridine rings is 1. The number of rotatable bonds is 0. The standard InChI is InChI=1S/C7H6F3NS/c1-4-2-5(7(8,9)10)11-6(12)3-4/h2-3H,1H3,(H,11,12). The van der Waals surface area contributed by atoms with Gasteiger partial charge in [-0.25, -0.2) is 4.98 Å². The van der Waals surface area contributed by atoms with E-state index in [0.29, 0.717) is 5.56 Å². The van der Waals surface area contributed by atoms with Crippen molar-refractivity contribution in [2.24, 2.45) is 0 Å². The van der Waals surface area contributed by atoms with Crippen LogP contribution in [0.1, 0.15) is 11.3 Å². The summed E-state index contributed by atoms with van der Waals surface area (Å²) >= 11 is 3.74. The molecular weight excluding hydrogens is 187 g/mol. The zero-order valence-corrected chi connectivity index (χ0v) is 7.08. The van der Waals surface area contributed by atoms with Crippen LogP contribution < -0.4 is 0 Å². The minimum atomic E-state index is -4.39. The average Bonchev–Trinajstić information content (AvgIpc) is 1.82. The summed E-state index contributed by atoms with van der Waals surface area (Å²) in [6.07, 6.45) is -4.39. The molecule has 1 nitrogen and oxygen atoms in total. The van der Waals surface area contributed by atoms with E-state index in [9.17, 15) is 13.2 Å². The molecule has 0 saturated heterocycles. The molecule has 0 aromatic carbocycles. The van der Waals surface area contributed by atoms with Crippen molar-refractivity contribution in [2.75, 3.05) is 0 Å². The number of halogens is 3. The Bertz CT molecular complexity index is 275. The van der Waals surface area contributed by atoms with Gasteiger partial charge in [0.2, 0.25) is 0 Å². The van der Waals surface area contributed by atoms with E-state index in [-0.39, 0.29) is 5.03 Å². The van der Waals surface area contributed by atoms with Crippen molar-refractivity contribution in [1.82, 2.24) is 4.98 Å². The van der Waals surface area contributed by atoms with E-state index in [1.165, 1.54) is 6.07 Å². The fraction of sp³-hybridized carbons (Fsp3) is 0.286. The fourth-order valence-corrected chi connectivity index (χ4v) is 1.11. The minimum absolute atomic E-state index is 0.0855. The molecule has 1 aromatic rings. The maximum absolute atomic E-state index is 12.1. The van der Waals surface area contributed by atoms with Crippen LogP contribution in [0, 0.1) is 6.92 Å². The Morgan fingerprint density at radius 3 is 2.33 bits per heavy atom. The van der Waals surface area contributed by atoms with Crippen molar-refractivity contribution in [3.8, 4) is 0 Å². The monoisotopic (exact) mass is 193 g/mol. The molecule has 12 heavy (non-hydrogen) atoms. The number of hydrogen-bond acceptors (Lipinski definition) is 2. The van der Waals surface area contributed by atoms with Crippen LogP contribution in [0.5, 0.6) is 0 Å². The molecule has 0 atom stereocenters. The molecule has 0 fully saturated rings. The van der Waals surface area contributed by atoms with Crippen molar-refractivity contribution >= 4 is 12.6 Å². The molecule has 0 unspecified atom stereocenters. The summed E-state index contributed by atoms with van der Waals surface area (Å²) in [5, 5.41) is 0.0855. The second kappa shape index (κ2) is 2.97. The first-order valence-corrected chi connectivity index (χ1v) is 3.59. The molecule has 0 amide bonds. The van der Waals surface area contributed by atoms with Crippen molar-refractivity contribution < 1.29 is 13.2 Å². The Morgan fingerprint density at radius 1 is 1.33 bits per heavy atom. The third-order valence-electron chi connectivity index (χ3n) is 1.25. The second-order valence-electron chi connectivity index (χ2n) is 2.39. The predicted octanol–water partition coefficient (Wildman–Crippen LogP) is 2.70. The molecule has 0 aliphatic carbocycles. The number of nitrogens with zero attached hydrogens (tertiary/aromatic N) is 1. The number of aryl methyl sites for hydroxylation is 1. The normalized spacial score (nSPS) is 11.8. The summed E-state index contributed by atoms with van der Waals surface area (Å²) in [5.74, 6) is 0. The van der Waals surface area contributed by atoms with Gasteiger partial charge in [-0.2, -0.15) is 13.2 Å². The van der Waals surface area contributed by atoms with Gasteiger partial charge in [0.25, 0.3) is 0 Å². The smallest absolute Gasteiger partial charge is 0.237 e. The van der Waals surface area contributed by atoms with Crippen molar-refractivity contribution in [3.05, 3.63) is 23.4 Å². The topological polar surface area (TPSA) is 12.9 Å². The van der Waals surface area contributed by atoms with Gasteiger partial charge in [-0.1, -0.05) is 0 Å². The van der Waals surface area contributed by atoms with E-state index in [1.807, 2.05) is 0 Å². The Balaban J connectivity index is 3.18. The highest BCUT2D eigenvalue weighted by atomic mass is 32.1. The zero-order chi connectivity index (χ0) is 9.35. The van der Waals surface area contributed by atoms with Crippen LogP contribution in [0.3, 0.4) is 0 Å². The van der Waals surface area contributed by atoms with Gasteiger partial charge in [-0.15, -0.1) is 12.6 Å². The first kappa shape index (κ1) is 9.38. The SMILES string of the molecule is Cc1cc(S)nc(C(F)(F)F)c1. The average molecular weight is 193 g/mol. The lowest BCUT2D eigenvalue weighted by atomic mass is 10.2. The first-order chi connectivity index (χ1) is 5.39. The molecule has 5 heteroatoms. The highest BCUT2D eigenvalue weighted by Crippen LogP contribution is 2.28. The predicted molar refractivity (Wildman–Crippen MR) is 41.2 cm³/mol. The second-order valence-corrected chi connectivity index (χ2v) is 2.84. The lowest BCUT2D eigenvalue weighted by Crippen LogP contribution is -2.08. The van der Waals surface area contributed by atoms with Crippen LogP contribution in [-0.4, -0.2) is 4.98 Å². The summed E-state index contributed by atoms with van der Waals surface area (Å²) in [6, 6.07) is 2.46. The van der Waals surface area contributed by atoms with Gasteiger partial charge in [0.05, 0.1) is 5.03 Å². The highest BCUT2D eigenvalue weighted by molar-refractivity contribution is 7.80. The summed E-state index contributed by atoms with van der Waals surface area (Å²) in [6.45, 7) is 1.57. The molecule has 0 bridgehead atoms. The van der Waals surface area contributed by atoms with Gasteiger partial charge in [0, 0.05) is 0 Å². The summed E-state index contributed by atoms with van der Waals surface area (Å²) in [4.78, 5) is 3.24. The van der Waals surface area contributed by atoms with Gasteiger partial charge >= 0.3 is 6.18 Å². The van der Waals surface area contributed by atoms with Gasteiger partial charge in [-0.05, 0) is 24.6 Å². The largest absolute Gasteiger partial charge is 0.433 e. The highest BCUT2D eigenvalue weighted by Gasteiger charge is 2.32. The van der Waals surface area contributed by atoms with Crippen LogP contribution in [0.15, 0.2) is 17.2 Å². The van der Waals surface area contributed by atoms with Crippen LogP contribution in [0.2, 0.25) is 0 Å². The quantitative estimate of drug-likeness (QED) is 0.625. The van der Waals surface area contributed by atoms with E-state index in [4.69, 9.17) is 0 Å². The van der Waals surface area contributed by atoms with Crippen molar-refractivity contribution in [2.45, 2.75) is 18.1 Å². The number of hydrogen-bond donors (Lipinski definition) is 1. The third-order valence-corrected chi connectivity index (χ3v) is 1.48. The van der Waals surface area contributed by atoms with Crippen LogP contribution in [0.25, 0.3) is 0 Å². The molecule has 0 saturated carbocycles. The Labute approximate surface area is 73.0 Å². The van der Waals surface area contributed by atoms with Crippen LogP contribution in [0.4, 0.5) is 13.2 Å². The van der Waals surface area contributed by atoms with Crippen molar-refractivity contribution in [1.29, 1.82) is 0 Å². The molecule has 1 heterocycles. The van der Waals surface area contributed by atoms with E-state index >= 15 is 0 Å². The molecular formula is C7H6F3NS. The van der Waals surface area contributed by atoms with Crippen molar-refractivity contribution in [3.63, 3.8) is 0 Å². The lowest BCUT2D eigenvalue weighted by molar-refractivity contribution is -0.141. The summed E-state index contributed by atoms with van der Waals surface area (Å²) < 4.78 is 36.2. The molecule has 1 rings (SSSR count). The molecule has 0 spiro atoms. The maximum atomic E-state index is 12.1. The van der Waals surface area contributed by atoms with E-state index in [1.54, 1.807) is 6.92 Å². The molecule has 66 valence electrons. The molecule has 0 aliphatic rings. The van der Waals surface area contributed by atoms with E-state index in [2.05, 4.69) is 17.6 Å².